The fourth-order valence-electron chi connectivity index (χ4n) is 2.27. The zero-order valence-electron chi connectivity index (χ0n) is 12.2. The molecule has 1 aromatic rings. The number of nitrogens with one attached hydrogen (secondary N) is 1. The Kier molecular flexibility index (Phi) is 4.12. The van der Waals surface area contributed by atoms with Crippen LogP contribution in [0.15, 0.2) is 24.3 Å². The van der Waals surface area contributed by atoms with Gasteiger partial charge in [-0.15, -0.1) is 0 Å². The van der Waals surface area contributed by atoms with Crippen molar-refractivity contribution in [2.45, 2.75) is 39.0 Å². The Morgan fingerprint density at radius 3 is 2.40 bits per heavy atom. The van der Waals surface area contributed by atoms with Gasteiger partial charge in [0.25, 0.3) is 0 Å². The van der Waals surface area contributed by atoms with E-state index in [2.05, 4.69) is 19.2 Å². The van der Waals surface area contributed by atoms with Crippen molar-refractivity contribution in [3.63, 3.8) is 0 Å². The Balaban J connectivity index is 2.05. The second-order valence-corrected chi connectivity index (χ2v) is 5.94. The molecular formula is C16H21NO3. The molecule has 1 heterocycles. The largest absolute Gasteiger partial charge is 0.494 e. The van der Waals surface area contributed by atoms with Gasteiger partial charge in [0.1, 0.15) is 5.75 Å². The molecule has 1 aromatic carbocycles. The van der Waals surface area contributed by atoms with Crippen LogP contribution in [0.25, 0.3) is 0 Å². The molecule has 1 aliphatic heterocycles. The van der Waals surface area contributed by atoms with Crippen LogP contribution in [0.1, 0.15) is 39.2 Å². The molecule has 108 valence electrons. The summed E-state index contributed by atoms with van der Waals surface area (Å²) in [4.78, 5) is 23.2. The van der Waals surface area contributed by atoms with Gasteiger partial charge in [-0.05, 0) is 37.0 Å². The molecule has 1 aliphatic rings. The minimum Gasteiger partial charge on any atom is -0.494 e. The maximum Gasteiger partial charge on any atom is 0.237 e. The quantitative estimate of drug-likeness (QED) is 0.840. The van der Waals surface area contributed by atoms with E-state index >= 15 is 0 Å². The fraction of sp³-hybridized carbons (Fsp3) is 0.500. The summed E-state index contributed by atoms with van der Waals surface area (Å²) in [6.07, 6.45) is 1.22. The first-order valence-corrected chi connectivity index (χ1v) is 6.99. The van der Waals surface area contributed by atoms with E-state index in [1.807, 2.05) is 24.3 Å². The van der Waals surface area contributed by atoms with Crippen LogP contribution in [0.2, 0.25) is 0 Å². The van der Waals surface area contributed by atoms with E-state index < -0.39 is 5.41 Å². The molecule has 1 N–H and O–H groups in total. The SMILES string of the molecule is CC(C)CCOc1ccc(C2(C)CC(=O)NC2=O)cc1. The lowest BCUT2D eigenvalue weighted by atomic mass is 9.81. The number of ether oxygens (including phenoxy) is 1. The number of carbonyl (C=O) groups excluding carboxylic acids is 2. The van der Waals surface area contributed by atoms with Gasteiger partial charge in [-0.1, -0.05) is 26.0 Å². The third-order valence-electron chi connectivity index (χ3n) is 3.72. The number of hydrogen-bond acceptors (Lipinski definition) is 3. The third-order valence-corrected chi connectivity index (χ3v) is 3.72. The van der Waals surface area contributed by atoms with Gasteiger partial charge in [0.2, 0.25) is 11.8 Å². The molecule has 2 rings (SSSR count). The average molecular weight is 275 g/mol. The van der Waals surface area contributed by atoms with Crippen molar-refractivity contribution >= 4 is 11.8 Å². The van der Waals surface area contributed by atoms with Gasteiger partial charge in [-0.2, -0.15) is 0 Å². The summed E-state index contributed by atoms with van der Waals surface area (Å²) in [6.45, 7) is 6.79. The van der Waals surface area contributed by atoms with Crippen LogP contribution >= 0.6 is 0 Å². The highest BCUT2D eigenvalue weighted by atomic mass is 16.5. The second-order valence-electron chi connectivity index (χ2n) is 5.94. The molecule has 0 spiro atoms. The van der Waals surface area contributed by atoms with Gasteiger partial charge in [-0.25, -0.2) is 0 Å². The van der Waals surface area contributed by atoms with Crippen molar-refractivity contribution in [2.24, 2.45) is 5.92 Å². The molecule has 0 aromatic heterocycles. The fourth-order valence-corrected chi connectivity index (χ4v) is 2.27. The lowest BCUT2D eigenvalue weighted by molar-refractivity contribution is -0.126. The highest BCUT2D eigenvalue weighted by Crippen LogP contribution is 2.32. The minimum absolute atomic E-state index is 0.208. The highest BCUT2D eigenvalue weighted by Gasteiger charge is 2.43. The third kappa shape index (κ3) is 3.00. The standard InChI is InChI=1S/C16H21NO3/c1-11(2)8-9-20-13-6-4-12(5-7-13)16(3)10-14(18)17-15(16)19/h4-7,11H,8-10H2,1-3H3,(H,17,18,19). The number of benzene rings is 1. The van der Waals surface area contributed by atoms with Gasteiger partial charge in [0.05, 0.1) is 12.0 Å². The Hall–Kier alpha value is -1.84. The Morgan fingerprint density at radius 2 is 1.90 bits per heavy atom. The summed E-state index contributed by atoms with van der Waals surface area (Å²) >= 11 is 0. The molecule has 0 aliphatic carbocycles. The van der Waals surface area contributed by atoms with Crippen molar-refractivity contribution in [1.29, 1.82) is 0 Å². The van der Waals surface area contributed by atoms with Crippen LogP contribution in [-0.4, -0.2) is 18.4 Å². The molecule has 1 unspecified atom stereocenters. The van der Waals surface area contributed by atoms with Crippen LogP contribution in [0.5, 0.6) is 5.75 Å². The van der Waals surface area contributed by atoms with E-state index in [9.17, 15) is 9.59 Å². The van der Waals surface area contributed by atoms with Crippen molar-refractivity contribution in [1.82, 2.24) is 5.32 Å². The van der Waals surface area contributed by atoms with E-state index in [-0.39, 0.29) is 18.2 Å². The van der Waals surface area contributed by atoms with E-state index in [4.69, 9.17) is 4.74 Å². The smallest absolute Gasteiger partial charge is 0.237 e. The molecule has 0 radical (unpaired) electrons. The minimum atomic E-state index is -0.756. The zero-order chi connectivity index (χ0) is 14.8. The van der Waals surface area contributed by atoms with E-state index in [1.54, 1.807) is 6.92 Å². The van der Waals surface area contributed by atoms with Crippen molar-refractivity contribution < 1.29 is 14.3 Å². The average Bonchev–Trinajstić information content (AvgIpc) is 2.64. The topological polar surface area (TPSA) is 55.4 Å². The van der Waals surface area contributed by atoms with Crippen LogP contribution in [0.3, 0.4) is 0 Å². The molecule has 1 fully saturated rings. The first kappa shape index (κ1) is 14.6. The molecule has 0 bridgehead atoms. The van der Waals surface area contributed by atoms with Gasteiger partial charge >= 0.3 is 0 Å². The van der Waals surface area contributed by atoms with Gasteiger partial charge in [0.15, 0.2) is 0 Å². The van der Waals surface area contributed by atoms with Crippen LogP contribution in [-0.2, 0) is 15.0 Å². The summed E-state index contributed by atoms with van der Waals surface area (Å²) in [5.74, 6) is 0.967. The first-order chi connectivity index (χ1) is 9.41. The molecule has 4 nitrogen and oxygen atoms in total. The summed E-state index contributed by atoms with van der Waals surface area (Å²) in [5, 5.41) is 2.36. The number of rotatable bonds is 5. The molecule has 1 atom stereocenters. The molecular weight excluding hydrogens is 254 g/mol. The zero-order valence-corrected chi connectivity index (χ0v) is 12.2. The normalized spacial score (nSPS) is 22.2. The number of amides is 2. The van der Waals surface area contributed by atoms with Gasteiger partial charge < -0.3 is 4.74 Å². The molecule has 1 saturated heterocycles. The molecule has 0 saturated carbocycles. The van der Waals surface area contributed by atoms with Gasteiger partial charge in [0, 0.05) is 6.42 Å². The number of hydrogen-bond donors (Lipinski definition) is 1. The van der Waals surface area contributed by atoms with Crippen LogP contribution in [0.4, 0.5) is 0 Å². The lowest BCUT2D eigenvalue weighted by Gasteiger charge is -2.20. The maximum absolute atomic E-state index is 11.9. The van der Waals surface area contributed by atoms with Crippen molar-refractivity contribution in [3.05, 3.63) is 29.8 Å². The Bertz CT molecular complexity index is 507. The van der Waals surface area contributed by atoms with Crippen molar-refractivity contribution in [2.75, 3.05) is 6.61 Å². The molecule has 20 heavy (non-hydrogen) atoms. The van der Waals surface area contributed by atoms with Crippen molar-refractivity contribution in [3.8, 4) is 5.75 Å². The number of carbonyl (C=O) groups is 2. The van der Waals surface area contributed by atoms with E-state index in [1.165, 1.54) is 0 Å². The predicted molar refractivity (Wildman–Crippen MR) is 76.5 cm³/mol. The maximum atomic E-state index is 11.9. The number of imide groups is 1. The van der Waals surface area contributed by atoms with E-state index in [0.717, 1.165) is 17.7 Å². The Morgan fingerprint density at radius 1 is 1.25 bits per heavy atom. The van der Waals surface area contributed by atoms with Crippen LogP contribution in [0, 0.1) is 5.92 Å². The summed E-state index contributed by atoms with van der Waals surface area (Å²) in [7, 11) is 0. The molecule has 2 amide bonds. The molecule has 4 heteroatoms. The predicted octanol–water partition coefficient (Wildman–Crippen LogP) is 2.42. The summed E-state index contributed by atoms with van der Waals surface area (Å²) in [6, 6.07) is 7.44. The lowest BCUT2D eigenvalue weighted by Crippen LogP contribution is -2.32. The Labute approximate surface area is 119 Å². The highest BCUT2D eigenvalue weighted by molar-refractivity contribution is 6.08. The summed E-state index contributed by atoms with van der Waals surface area (Å²) in [5.41, 5.74) is 0.0881. The first-order valence-electron chi connectivity index (χ1n) is 6.99. The van der Waals surface area contributed by atoms with Crippen LogP contribution < -0.4 is 10.1 Å². The van der Waals surface area contributed by atoms with E-state index in [0.29, 0.717) is 12.5 Å². The second kappa shape index (κ2) is 5.65. The monoisotopic (exact) mass is 275 g/mol. The van der Waals surface area contributed by atoms with Gasteiger partial charge in [-0.3, -0.25) is 14.9 Å². The summed E-state index contributed by atoms with van der Waals surface area (Å²) < 4.78 is 5.65.